The second-order valence-electron chi connectivity index (χ2n) is 2.82. The number of carbonyl (C=O) groups is 1. The van der Waals surface area contributed by atoms with Crippen molar-refractivity contribution in [2.75, 3.05) is 0 Å². The van der Waals surface area contributed by atoms with Crippen LogP contribution in [-0.2, 0) is 11.2 Å². The summed E-state index contributed by atoms with van der Waals surface area (Å²) < 4.78 is 5.24. The van der Waals surface area contributed by atoms with Gasteiger partial charge < -0.3 is 15.3 Å². The molecule has 0 fully saturated rings. The number of benzene rings is 1. The van der Waals surface area contributed by atoms with E-state index in [1.54, 1.807) is 6.26 Å². The first-order valence-corrected chi connectivity index (χ1v) is 4.29. The molecule has 1 aromatic carbocycles. The minimum Gasteiger partial charge on any atom is -0.481 e. The van der Waals surface area contributed by atoms with Crippen LogP contribution in [0.3, 0.4) is 0 Å². The van der Waals surface area contributed by atoms with Gasteiger partial charge in [-0.1, -0.05) is 18.2 Å². The molecule has 2 rings (SSSR count). The number of ether oxygens (including phenoxy) is 1. The normalized spacial score (nSPS) is 11.0. The van der Waals surface area contributed by atoms with Crippen molar-refractivity contribution >= 4 is 5.97 Å². The van der Waals surface area contributed by atoms with Gasteiger partial charge in [0.25, 0.3) is 5.97 Å². The molecule has 0 aromatic heterocycles. The summed E-state index contributed by atoms with van der Waals surface area (Å²) in [6.45, 7) is 1.08. The zero-order valence-corrected chi connectivity index (χ0v) is 8.43. The Balaban J connectivity index is 0.000000346. The van der Waals surface area contributed by atoms with Crippen molar-refractivity contribution in [1.82, 2.24) is 0 Å². The Labute approximate surface area is 88.1 Å². The van der Waals surface area contributed by atoms with Crippen LogP contribution in [0.25, 0.3) is 0 Å². The van der Waals surface area contributed by atoms with Gasteiger partial charge in [0.2, 0.25) is 0 Å². The molecule has 0 amide bonds. The van der Waals surface area contributed by atoms with Crippen LogP contribution in [0.4, 0.5) is 0 Å². The zero-order chi connectivity index (χ0) is 10.4. The molecule has 4 nitrogen and oxygen atoms in total. The van der Waals surface area contributed by atoms with Gasteiger partial charge in [0.1, 0.15) is 5.75 Å². The quantitative estimate of drug-likeness (QED) is 0.703. The third kappa shape index (κ3) is 4.83. The van der Waals surface area contributed by atoms with Crippen LogP contribution in [0.15, 0.2) is 36.6 Å². The van der Waals surface area contributed by atoms with Gasteiger partial charge in [-0.2, -0.15) is 0 Å². The number of carboxylic acids is 1. The smallest absolute Gasteiger partial charge is 0.300 e. The number of aliphatic carboxylic acids is 1. The van der Waals surface area contributed by atoms with E-state index in [-0.39, 0.29) is 5.48 Å². The molecular weight excluding hydrogens is 196 g/mol. The molecule has 1 heterocycles. The number of rotatable bonds is 0. The number of para-hydroxylation sites is 1. The summed E-state index contributed by atoms with van der Waals surface area (Å²) in [5.41, 5.74) is 1.27. The Morgan fingerprint density at radius 1 is 1.40 bits per heavy atom. The average molecular weight is 210 g/mol. The van der Waals surface area contributed by atoms with E-state index in [0.717, 1.165) is 19.1 Å². The molecule has 0 saturated carbocycles. The maximum absolute atomic E-state index is 9.00. The van der Waals surface area contributed by atoms with E-state index in [1.807, 2.05) is 24.3 Å². The maximum Gasteiger partial charge on any atom is 0.300 e. The number of hydrogen-bond acceptors (Lipinski definition) is 2. The highest BCUT2D eigenvalue weighted by molar-refractivity contribution is 5.62. The standard InChI is InChI=1S/C9H8O.C2H4O2.H2O/c1-2-6-9-8(4-1)5-3-7-10-9;1-2(3)4;/h1-4,6-7H,5H2;1H3,(H,3,4);1H2. The minimum atomic E-state index is -0.833. The van der Waals surface area contributed by atoms with Crippen LogP contribution in [0.2, 0.25) is 0 Å². The lowest BCUT2D eigenvalue weighted by atomic mass is 10.1. The van der Waals surface area contributed by atoms with Gasteiger partial charge in [-0.25, -0.2) is 0 Å². The van der Waals surface area contributed by atoms with Crippen molar-refractivity contribution in [3.63, 3.8) is 0 Å². The van der Waals surface area contributed by atoms with Gasteiger partial charge in [0.15, 0.2) is 0 Å². The molecule has 0 aliphatic carbocycles. The molecule has 1 aromatic rings. The van der Waals surface area contributed by atoms with E-state index in [4.69, 9.17) is 14.6 Å². The summed E-state index contributed by atoms with van der Waals surface area (Å²) in [5.74, 6) is 0.157. The molecule has 15 heavy (non-hydrogen) atoms. The fourth-order valence-corrected chi connectivity index (χ4v) is 1.08. The Morgan fingerprint density at radius 3 is 2.60 bits per heavy atom. The van der Waals surface area contributed by atoms with Crippen LogP contribution >= 0.6 is 0 Å². The summed E-state index contributed by atoms with van der Waals surface area (Å²) in [7, 11) is 0. The third-order valence-corrected chi connectivity index (χ3v) is 1.60. The zero-order valence-electron chi connectivity index (χ0n) is 8.43. The van der Waals surface area contributed by atoms with Crippen LogP contribution < -0.4 is 4.74 Å². The largest absolute Gasteiger partial charge is 0.481 e. The monoisotopic (exact) mass is 210 g/mol. The summed E-state index contributed by atoms with van der Waals surface area (Å²) in [5, 5.41) is 7.42. The van der Waals surface area contributed by atoms with Crippen LogP contribution in [0.1, 0.15) is 12.5 Å². The lowest BCUT2D eigenvalue weighted by Gasteiger charge is -2.09. The summed E-state index contributed by atoms with van der Waals surface area (Å²) in [6, 6.07) is 8.08. The van der Waals surface area contributed by atoms with Gasteiger partial charge in [0.05, 0.1) is 6.26 Å². The number of allylic oxidation sites excluding steroid dienone is 1. The summed E-state index contributed by atoms with van der Waals surface area (Å²) in [6.07, 6.45) is 4.75. The highest BCUT2D eigenvalue weighted by atomic mass is 16.5. The van der Waals surface area contributed by atoms with Gasteiger partial charge >= 0.3 is 0 Å². The Morgan fingerprint density at radius 2 is 2.00 bits per heavy atom. The molecule has 0 unspecified atom stereocenters. The molecule has 0 radical (unpaired) electrons. The second kappa shape index (κ2) is 6.62. The molecule has 82 valence electrons. The summed E-state index contributed by atoms with van der Waals surface area (Å²) in [4.78, 5) is 9.00. The fraction of sp³-hybridized carbons (Fsp3) is 0.182. The van der Waals surface area contributed by atoms with E-state index in [9.17, 15) is 0 Å². The lowest BCUT2D eigenvalue weighted by molar-refractivity contribution is -0.134. The van der Waals surface area contributed by atoms with E-state index in [1.165, 1.54) is 5.56 Å². The van der Waals surface area contributed by atoms with E-state index in [2.05, 4.69) is 6.07 Å². The first kappa shape index (κ1) is 13.2. The fourth-order valence-electron chi connectivity index (χ4n) is 1.08. The minimum absolute atomic E-state index is 0. The first-order valence-electron chi connectivity index (χ1n) is 4.29. The maximum atomic E-state index is 9.00. The van der Waals surface area contributed by atoms with Gasteiger partial charge in [-0.3, -0.25) is 4.79 Å². The van der Waals surface area contributed by atoms with Gasteiger partial charge in [0, 0.05) is 6.92 Å². The predicted molar refractivity (Wildman–Crippen MR) is 56.8 cm³/mol. The molecule has 1 aliphatic heterocycles. The number of hydrogen-bond donors (Lipinski definition) is 1. The Bertz CT molecular complexity index is 313. The first-order chi connectivity index (χ1) is 6.70. The van der Waals surface area contributed by atoms with E-state index in [0.29, 0.717) is 0 Å². The van der Waals surface area contributed by atoms with E-state index >= 15 is 0 Å². The predicted octanol–water partition coefficient (Wildman–Crippen LogP) is 1.40. The molecule has 0 atom stereocenters. The van der Waals surface area contributed by atoms with Crippen molar-refractivity contribution in [2.24, 2.45) is 0 Å². The molecule has 0 spiro atoms. The number of carboxylic acid groups (broad SMARTS) is 1. The van der Waals surface area contributed by atoms with Crippen molar-refractivity contribution in [3.05, 3.63) is 42.2 Å². The van der Waals surface area contributed by atoms with Crippen LogP contribution in [0.5, 0.6) is 5.75 Å². The lowest BCUT2D eigenvalue weighted by Crippen LogP contribution is -1.94. The van der Waals surface area contributed by atoms with Crippen LogP contribution in [-0.4, -0.2) is 16.6 Å². The van der Waals surface area contributed by atoms with Crippen molar-refractivity contribution in [3.8, 4) is 5.75 Å². The highest BCUT2D eigenvalue weighted by Gasteiger charge is 2.02. The SMILES string of the molecule is C1=COc2ccccc2C1.CC(=O)O.O. The number of fused-ring (bicyclic) bond motifs is 1. The van der Waals surface area contributed by atoms with Crippen molar-refractivity contribution in [2.45, 2.75) is 13.3 Å². The van der Waals surface area contributed by atoms with Crippen molar-refractivity contribution in [1.29, 1.82) is 0 Å². The average Bonchev–Trinajstić information content (AvgIpc) is 2.17. The van der Waals surface area contributed by atoms with E-state index < -0.39 is 5.97 Å². The molecule has 0 saturated heterocycles. The summed E-state index contributed by atoms with van der Waals surface area (Å²) >= 11 is 0. The Hall–Kier alpha value is -1.81. The molecule has 0 bridgehead atoms. The van der Waals surface area contributed by atoms with Crippen molar-refractivity contribution < 1.29 is 20.1 Å². The highest BCUT2D eigenvalue weighted by Crippen LogP contribution is 2.21. The van der Waals surface area contributed by atoms with Gasteiger partial charge in [-0.15, -0.1) is 0 Å². The Kier molecular flexibility index (Phi) is 5.82. The molecule has 1 aliphatic rings. The second-order valence-corrected chi connectivity index (χ2v) is 2.82. The third-order valence-electron chi connectivity index (χ3n) is 1.60. The molecule has 3 N–H and O–H groups in total. The topological polar surface area (TPSA) is 78.0 Å². The molecule has 4 heteroatoms. The molecular formula is C11H14O4. The van der Waals surface area contributed by atoms with Gasteiger partial charge in [-0.05, 0) is 24.1 Å². The van der Waals surface area contributed by atoms with Crippen LogP contribution in [0, 0.1) is 0 Å².